The lowest BCUT2D eigenvalue weighted by Crippen LogP contribution is -2.54. The number of amides is 2. The molecule has 5 rings (SSSR count). The number of nitrogens with zero attached hydrogens (tertiary/aromatic N) is 2. The van der Waals surface area contributed by atoms with Gasteiger partial charge in [0, 0.05) is 23.0 Å². The van der Waals surface area contributed by atoms with Crippen LogP contribution in [-0.4, -0.2) is 75.5 Å². The molecular weight excluding hydrogens is 500 g/mol. The number of carbonyl (C=O) groups is 2. The Balaban J connectivity index is 1.52. The van der Waals surface area contributed by atoms with Crippen molar-refractivity contribution in [2.45, 2.75) is 58.7 Å². The lowest BCUT2D eigenvalue weighted by molar-refractivity contribution is 0.0785. The van der Waals surface area contributed by atoms with Crippen molar-refractivity contribution in [1.82, 2.24) is 20.2 Å². The van der Waals surface area contributed by atoms with E-state index in [1.165, 1.54) is 17.7 Å². The normalized spacial score (nSPS) is 21.3. The molecule has 0 spiro atoms. The Kier molecular flexibility index (Phi) is 6.92. The summed E-state index contributed by atoms with van der Waals surface area (Å²) in [6.07, 6.45) is 1.84. The van der Waals surface area contributed by atoms with Crippen LogP contribution in [0, 0.1) is 18.3 Å². The number of pyridine rings is 1. The fraction of sp³-hybridized carbons (Fsp3) is 0.483. The summed E-state index contributed by atoms with van der Waals surface area (Å²) < 4.78 is 11.7. The molecule has 2 amide bonds. The number of rotatable bonds is 7. The van der Waals surface area contributed by atoms with E-state index in [0.717, 1.165) is 16.9 Å². The number of aliphatic hydroxyl groups excluding tert-OH is 1. The number of methoxy groups -OCH3 is 1. The molecule has 0 radical (unpaired) electrons. The third-order valence-corrected chi connectivity index (χ3v) is 7.66. The van der Waals surface area contributed by atoms with Crippen molar-refractivity contribution < 1.29 is 29.3 Å². The lowest BCUT2D eigenvalue weighted by atomic mass is 9.82. The number of fused-ring (bicyclic) bond motifs is 1. The fourth-order valence-electron chi connectivity index (χ4n) is 5.61. The summed E-state index contributed by atoms with van der Waals surface area (Å²) >= 11 is 0. The molecule has 2 fully saturated rings. The van der Waals surface area contributed by atoms with Crippen LogP contribution in [0.4, 0.5) is 4.79 Å². The molecule has 3 aromatic rings. The second-order valence-corrected chi connectivity index (χ2v) is 11.6. The van der Waals surface area contributed by atoms with Crippen LogP contribution >= 0.6 is 0 Å². The third kappa shape index (κ3) is 5.13. The van der Waals surface area contributed by atoms with E-state index < -0.39 is 35.6 Å². The zero-order valence-electron chi connectivity index (χ0n) is 22.9. The van der Waals surface area contributed by atoms with Gasteiger partial charge in [0.1, 0.15) is 17.0 Å². The molecule has 1 saturated heterocycles. The molecule has 2 aliphatic rings. The maximum absolute atomic E-state index is 13.7. The summed E-state index contributed by atoms with van der Waals surface area (Å²) in [6, 6.07) is 6.17. The number of β-amino-alcohol motifs (C(OH)–C–C–N with tert-alkyl or cyclic N) is 1. The summed E-state index contributed by atoms with van der Waals surface area (Å²) in [5, 5.41) is 23.4. The highest BCUT2D eigenvalue weighted by molar-refractivity contribution is 6.10. The zero-order chi connectivity index (χ0) is 28.1. The van der Waals surface area contributed by atoms with E-state index in [4.69, 9.17) is 9.47 Å². The smallest absolute Gasteiger partial charge is 0.407 e. The first kappa shape index (κ1) is 26.8. The number of aromatic nitrogens is 2. The van der Waals surface area contributed by atoms with Crippen molar-refractivity contribution >= 4 is 23.0 Å². The first-order chi connectivity index (χ1) is 18.5. The van der Waals surface area contributed by atoms with Crippen LogP contribution in [-0.2, 0) is 0 Å². The Morgan fingerprint density at radius 1 is 1.21 bits per heavy atom. The average molecular weight is 537 g/mol. The van der Waals surface area contributed by atoms with Crippen molar-refractivity contribution in [2.75, 3.05) is 20.3 Å². The van der Waals surface area contributed by atoms with Gasteiger partial charge in [-0.3, -0.25) is 9.78 Å². The second-order valence-electron chi connectivity index (χ2n) is 11.6. The lowest BCUT2D eigenvalue weighted by Gasteiger charge is -2.37. The van der Waals surface area contributed by atoms with Gasteiger partial charge in [-0.2, -0.15) is 0 Å². The van der Waals surface area contributed by atoms with Gasteiger partial charge in [0.15, 0.2) is 0 Å². The van der Waals surface area contributed by atoms with Crippen LogP contribution < -0.4 is 14.8 Å². The van der Waals surface area contributed by atoms with Crippen LogP contribution in [0.5, 0.6) is 11.5 Å². The summed E-state index contributed by atoms with van der Waals surface area (Å²) in [6.45, 7) is 8.06. The van der Waals surface area contributed by atoms with Gasteiger partial charge >= 0.3 is 6.09 Å². The zero-order valence-corrected chi connectivity index (χ0v) is 22.9. The monoisotopic (exact) mass is 536 g/mol. The molecule has 1 aromatic carbocycles. The van der Waals surface area contributed by atoms with Crippen LogP contribution in [0.25, 0.3) is 22.2 Å². The molecule has 39 heavy (non-hydrogen) atoms. The molecule has 3 heterocycles. The van der Waals surface area contributed by atoms with Crippen LogP contribution in [0.3, 0.4) is 0 Å². The van der Waals surface area contributed by atoms with Gasteiger partial charge in [0.25, 0.3) is 5.91 Å². The number of aliphatic hydroxyl groups is 1. The first-order valence-corrected chi connectivity index (χ1v) is 13.3. The molecule has 10 heteroatoms. The quantitative estimate of drug-likeness (QED) is 0.355. The first-order valence-electron chi connectivity index (χ1n) is 13.3. The van der Waals surface area contributed by atoms with Crippen molar-refractivity contribution in [2.24, 2.45) is 11.3 Å². The molecule has 10 nitrogen and oxygen atoms in total. The van der Waals surface area contributed by atoms with Crippen molar-refractivity contribution in [1.29, 1.82) is 0 Å². The second kappa shape index (κ2) is 10.1. The van der Waals surface area contributed by atoms with E-state index in [9.17, 15) is 19.8 Å². The number of carboxylic acid groups (broad SMARTS) is 1. The van der Waals surface area contributed by atoms with Gasteiger partial charge in [-0.1, -0.05) is 20.8 Å². The summed E-state index contributed by atoms with van der Waals surface area (Å²) in [5.74, 6) is 1.57. The highest BCUT2D eigenvalue weighted by atomic mass is 16.5. The highest BCUT2D eigenvalue weighted by Crippen LogP contribution is 2.40. The van der Waals surface area contributed by atoms with Crippen molar-refractivity contribution in [3.05, 3.63) is 41.7 Å². The molecule has 4 N–H and O–H groups in total. The summed E-state index contributed by atoms with van der Waals surface area (Å²) in [5.41, 5.74) is 3.25. The van der Waals surface area contributed by atoms with E-state index in [1.807, 2.05) is 45.0 Å². The third-order valence-electron chi connectivity index (χ3n) is 7.66. The van der Waals surface area contributed by atoms with Crippen LogP contribution in [0.15, 0.2) is 30.5 Å². The van der Waals surface area contributed by atoms with Gasteiger partial charge in [-0.25, -0.2) is 4.79 Å². The van der Waals surface area contributed by atoms with Crippen LogP contribution in [0.1, 0.15) is 49.7 Å². The predicted octanol–water partition coefficient (Wildman–Crippen LogP) is 4.20. The number of carbonyl (C=O) groups excluding carboxylic acids is 1. The Hall–Kier alpha value is -3.79. The number of aromatic amines is 1. The van der Waals surface area contributed by atoms with E-state index in [2.05, 4.69) is 15.3 Å². The number of hydrogen-bond donors (Lipinski definition) is 4. The number of benzene rings is 1. The Morgan fingerprint density at radius 2 is 1.95 bits per heavy atom. The minimum Gasteiger partial charge on any atom is -0.497 e. The largest absolute Gasteiger partial charge is 0.497 e. The average Bonchev–Trinajstić information content (AvgIpc) is 3.56. The summed E-state index contributed by atoms with van der Waals surface area (Å²) in [7, 11) is 1.61. The molecule has 3 atom stereocenters. The molecule has 208 valence electrons. The molecule has 1 aliphatic heterocycles. The summed E-state index contributed by atoms with van der Waals surface area (Å²) in [4.78, 5) is 34.7. The Bertz CT molecular complexity index is 1410. The van der Waals surface area contributed by atoms with E-state index in [1.54, 1.807) is 20.2 Å². The number of ether oxygens (including phenoxy) is 2. The van der Waals surface area contributed by atoms with Gasteiger partial charge in [-0.05, 0) is 55.4 Å². The van der Waals surface area contributed by atoms with Gasteiger partial charge < -0.3 is 34.9 Å². The predicted molar refractivity (Wildman–Crippen MR) is 146 cm³/mol. The SMILES string of the molecule is COc1ccc(OCC2CC2)c(-c2ccnc3c(C(=O)N[C@@H]4C(C(C)(C)C)N(C(=O)O)C[C@H]4O)c(C)[nH]c23)c1. The van der Waals surface area contributed by atoms with Crippen LogP contribution in [0.2, 0.25) is 0 Å². The van der Waals surface area contributed by atoms with E-state index in [-0.39, 0.29) is 6.54 Å². The molecule has 0 bridgehead atoms. The van der Waals surface area contributed by atoms with E-state index >= 15 is 0 Å². The van der Waals surface area contributed by atoms with E-state index in [0.29, 0.717) is 40.6 Å². The van der Waals surface area contributed by atoms with Gasteiger partial charge in [0.2, 0.25) is 0 Å². The topological polar surface area (TPSA) is 137 Å². The highest BCUT2D eigenvalue weighted by Gasteiger charge is 2.49. The van der Waals surface area contributed by atoms with Crippen molar-refractivity contribution in [3.8, 4) is 22.6 Å². The maximum atomic E-state index is 13.7. The number of aryl methyl sites for hydroxylation is 1. The minimum atomic E-state index is -1.13. The standard InChI is InChI=1S/C29H36N4O6/c1-15-22(27(35)32-24-20(34)13-33(28(36)37)26(24)29(2,3)4)25-23(31-15)18(10-11-30-25)19-12-17(38-5)8-9-21(19)39-14-16-6-7-16/h8-12,16,20,24,26,31,34H,6-7,13-14H2,1-5H3,(H,32,35)(H,36,37)/t20-,24+,26?/m1/s1. The fourth-order valence-corrected chi connectivity index (χ4v) is 5.61. The molecule has 1 saturated carbocycles. The molecule has 1 aliphatic carbocycles. The minimum absolute atomic E-state index is 0.0725. The van der Waals surface area contributed by atoms with Gasteiger partial charge in [-0.15, -0.1) is 0 Å². The maximum Gasteiger partial charge on any atom is 0.407 e. The molecule has 2 aromatic heterocycles. The molecular formula is C29H36N4O6. The number of H-pyrrole nitrogens is 1. The molecule has 1 unspecified atom stereocenters. The van der Waals surface area contributed by atoms with Crippen molar-refractivity contribution in [3.63, 3.8) is 0 Å². The Labute approximate surface area is 227 Å². The number of hydrogen-bond acceptors (Lipinski definition) is 6. The van der Waals surface area contributed by atoms with Gasteiger partial charge in [0.05, 0.1) is 49.5 Å². The number of likely N-dealkylation sites (tertiary alicyclic amines) is 1. The Morgan fingerprint density at radius 3 is 2.59 bits per heavy atom. The number of nitrogens with one attached hydrogen (secondary N) is 2.